The van der Waals surface area contributed by atoms with Gasteiger partial charge in [-0.1, -0.05) is 161 Å². The van der Waals surface area contributed by atoms with Crippen LogP contribution in [-0.4, -0.2) is 95.4 Å². The highest BCUT2D eigenvalue weighted by Gasteiger charge is 2.29. The normalized spacial score (nSPS) is 12.2. The Hall–Kier alpha value is -14.7. The molecular weight excluding hydrogens is 1950 g/mol. The van der Waals surface area contributed by atoms with Crippen LogP contribution in [0.15, 0.2) is 268 Å². The Labute approximate surface area is 832 Å². The number of fused-ring (bicyclic) bond motifs is 5. The Morgan fingerprint density at radius 3 is 1.30 bits per heavy atom. The number of aromatic amines is 2. The number of carbonyl (C=O) groups excluding carboxylic acids is 5. The third-order valence-electron chi connectivity index (χ3n) is 21.4. The van der Waals surface area contributed by atoms with Crippen LogP contribution in [0.5, 0.6) is 34.5 Å². The summed E-state index contributed by atoms with van der Waals surface area (Å²) in [5.74, 6) is 0.810. The molecule has 5 unspecified atom stereocenters. The summed E-state index contributed by atoms with van der Waals surface area (Å²) < 4.78 is 40.8. The molecule has 29 nitrogen and oxygen atoms in total. The van der Waals surface area contributed by atoms with Crippen LogP contribution >= 0.6 is 115 Å². The minimum atomic E-state index is -0.598. The molecule has 20 aromatic rings. The molecule has 0 radical (unpaired) electrons. The summed E-state index contributed by atoms with van der Waals surface area (Å²) in [7, 11) is 1.59. The molecule has 14 N–H and O–H groups in total. The van der Waals surface area contributed by atoms with Crippen LogP contribution in [0.4, 0.5) is 5.82 Å². The molecule has 0 fully saturated rings. The number of nitrogen functional groups attached to an aromatic ring is 1. The SMILES string of the molecule is CC(Oc1cc(-c2cnc3[nH]ccc3c2)sc1C(N)=O)c1ccccc1Cl.CC(Oc1cc(-c2cnc3ccccn23)sc1C(N)=O)c1ccccc1Cl.CC(Oc1cc(-c2cnn3ccccc23)sc1C(N)=O)c1ccccc1Cl.CC(Oc1cc(-c2nnc3ccc(N)nn23)sc1C(N)=O)c1ccccc1Cl.COc1cnc2[nH]cc(-c3cc(OC(C)c4ccccc4Cl)c(C(N)=O)s3)c2c1. The first-order chi connectivity index (χ1) is 66.5. The Balaban J connectivity index is 0.000000125. The van der Waals surface area contributed by atoms with Gasteiger partial charge in [-0.05, 0) is 138 Å². The summed E-state index contributed by atoms with van der Waals surface area (Å²) in [6.45, 7) is 9.38. The fourth-order valence-corrected chi connectivity index (χ4v) is 20.8. The van der Waals surface area contributed by atoms with Crippen LogP contribution < -0.4 is 62.8 Å². The maximum absolute atomic E-state index is 12.0. The minimum absolute atomic E-state index is 0.273. The summed E-state index contributed by atoms with van der Waals surface area (Å²) in [4.78, 5) is 85.0. The van der Waals surface area contributed by atoms with Gasteiger partial charge >= 0.3 is 0 Å². The molecular formula is C99H81Cl5N18O11S5. The van der Waals surface area contributed by atoms with E-state index >= 15 is 0 Å². The van der Waals surface area contributed by atoms with Gasteiger partial charge in [-0.25, -0.2) is 19.5 Å². The second-order valence-corrected chi connectivity index (χ2v) is 37.9. The van der Waals surface area contributed by atoms with E-state index in [1.807, 2.05) is 252 Å². The minimum Gasteiger partial charge on any atom is -0.495 e. The number of nitrogens with two attached hydrogens (primary N) is 6. The van der Waals surface area contributed by atoms with Gasteiger partial charge in [-0.3, -0.25) is 28.4 Å². The number of imidazole rings is 1. The molecule has 5 amide bonds. The lowest BCUT2D eigenvalue weighted by atomic mass is 10.1. The van der Waals surface area contributed by atoms with Crippen molar-refractivity contribution in [1.82, 2.24) is 58.7 Å². The highest BCUT2D eigenvalue weighted by atomic mass is 35.5. The van der Waals surface area contributed by atoms with Gasteiger partial charge in [0.1, 0.15) is 112 Å². The second kappa shape index (κ2) is 42.7. The van der Waals surface area contributed by atoms with Crippen molar-refractivity contribution in [3.05, 3.63) is 345 Å². The number of H-pyrrole nitrogens is 2. The van der Waals surface area contributed by atoms with Crippen LogP contribution in [0.1, 0.15) is 141 Å². The van der Waals surface area contributed by atoms with Crippen molar-refractivity contribution in [2.75, 3.05) is 12.8 Å². The van der Waals surface area contributed by atoms with Crippen LogP contribution in [0.3, 0.4) is 0 Å². The van der Waals surface area contributed by atoms with Gasteiger partial charge in [0.25, 0.3) is 29.5 Å². The fraction of sp³-hybridized carbons (Fsp3) is 0.111. The molecule has 698 valence electrons. The molecule has 0 saturated carbocycles. The monoisotopic (exact) mass is 2030 g/mol. The number of thiophene rings is 5. The fourth-order valence-electron chi connectivity index (χ4n) is 14.7. The van der Waals surface area contributed by atoms with Crippen molar-refractivity contribution in [3.8, 4) is 87.1 Å². The first kappa shape index (κ1) is 96.4. The van der Waals surface area contributed by atoms with E-state index in [-0.39, 0.29) is 29.3 Å². The molecule has 15 heterocycles. The molecule has 0 bridgehead atoms. The van der Waals surface area contributed by atoms with E-state index in [1.165, 1.54) is 49.9 Å². The van der Waals surface area contributed by atoms with Crippen molar-refractivity contribution in [1.29, 1.82) is 0 Å². The van der Waals surface area contributed by atoms with E-state index in [9.17, 15) is 24.0 Å². The topological polar surface area (TPSA) is 432 Å². The highest BCUT2D eigenvalue weighted by Crippen LogP contribution is 2.47. The van der Waals surface area contributed by atoms with Crippen molar-refractivity contribution in [2.45, 2.75) is 65.1 Å². The molecule has 0 aliphatic carbocycles. The molecule has 39 heteroatoms. The maximum atomic E-state index is 12.0. The molecule has 15 aromatic heterocycles. The van der Waals surface area contributed by atoms with Gasteiger partial charge < -0.3 is 72.8 Å². The summed E-state index contributed by atoms with van der Waals surface area (Å²) in [6, 6.07) is 67.0. The summed E-state index contributed by atoms with van der Waals surface area (Å²) in [5, 5.41) is 21.7. The number of halogens is 5. The Morgan fingerprint density at radius 1 is 0.399 bits per heavy atom. The molecule has 0 aliphatic rings. The van der Waals surface area contributed by atoms with Crippen molar-refractivity contribution < 1.29 is 52.4 Å². The highest BCUT2D eigenvalue weighted by molar-refractivity contribution is 7.19. The van der Waals surface area contributed by atoms with Gasteiger partial charge in [0.05, 0.1) is 46.7 Å². The Morgan fingerprint density at radius 2 is 0.819 bits per heavy atom. The van der Waals surface area contributed by atoms with E-state index in [1.54, 1.807) is 66.7 Å². The van der Waals surface area contributed by atoms with E-state index in [0.717, 1.165) is 114 Å². The van der Waals surface area contributed by atoms with Gasteiger partial charge in [-0.15, -0.1) is 72.0 Å². The standard InChI is InChI=1S/C21H18ClN3O3S.3C20H16ClN3O2S.C18H15ClN6O2S/c1-11(13-5-3-4-6-16(13)22)28-17-8-18(29-19(17)20(23)26)15-10-25-21-14(15)7-12(27-2)9-24-21;1-12(13-6-2-3-7-15(13)21)26-17-10-18(27-19(17)20(22)25)14-11-23-24-9-5-4-8-16(14)24;1-12(13-6-2-3-7-14(13)21)26-16-10-17(27-19(16)20(22)25)15-11-23-18-8-4-5-9-24(15)18;1-11(14-4-2-3-5-15(14)21)26-16-9-17(27-18(16)19(22)25)13-8-12-6-7-23-20(12)24-10-13;1-9(10-4-2-3-5-11(10)19)27-12-8-13(28-16(12)17(21)26)18-23-22-15-7-6-14(20)24-25(15)18/h3-11H,1-2H3,(H2,23,26)(H,24,25);2*2-12H,1H3,(H2,22,25);2-11H,1H3,(H2,22,25)(H,23,24);2-9H,1H3,(H2,20,24)(H2,21,26). The Kier molecular flexibility index (Phi) is 29.8. The van der Waals surface area contributed by atoms with Crippen LogP contribution in [-0.2, 0) is 0 Å². The van der Waals surface area contributed by atoms with Gasteiger partial charge in [-0.2, -0.15) is 9.61 Å². The first-order valence-electron chi connectivity index (χ1n) is 42.0. The van der Waals surface area contributed by atoms with E-state index in [0.29, 0.717) is 101 Å². The number of carbonyl (C=O) groups is 5. The molecule has 0 spiro atoms. The van der Waals surface area contributed by atoms with Crippen LogP contribution in [0, 0.1) is 0 Å². The molecule has 0 saturated heterocycles. The van der Waals surface area contributed by atoms with Crippen molar-refractivity contribution in [3.63, 3.8) is 0 Å². The lowest BCUT2D eigenvalue weighted by molar-refractivity contribution is 0.0989. The largest absolute Gasteiger partial charge is 0.495 e. The average molecular weight is 2040 g/mol. The number of nitrogens with one attached hydrogen (secondary N) is 2. The predicted molar refractivity (Wildman–Crippen MR) is 546 cm³/mol. The third-order valence-corrected chi connectivity index (χ3v) is 28.9. The predicted octanol–water partition coefficient (Wildman–Crippen LogP) is 23.6. The number of pyridine rings is 4. The number of hydrogen-bond donors (Lipinski definition) is 8. The number of aromatic nitrogens is 12. The summed E-state index contributed by atoms with van der Waals surface area (Å²) in [6.07, 6.45) is 12.7. The van der Waals surface area contributed by atoms with Gasteiger partial charge in [0.2, 0.25) is 0 Å². The van der Waals surface area contributed by atoms with Crippen molar-refractivity contribution in [2.24, 2.45) is 28.7 Å². The first-order valence-corrected chi connectivity index (χ1v) is 48.0. The zero-order valence-corrected chi connectivity index (χ0v) is 81.5. The quantitative estimate of drug-likeness (QED) is 0.0250. The summed E-state index contributed by atoms with van der Waals surface area (Å²) >= 11 is 37.6. The number of amides is 5. The summed E-state index contributed by atoms with van der Waals surface area (Å²) in [5.41, 5.74) is 45.2. The number of nitrogens with zero attached hydrogens (tertiary/aromatic N) is 10. The van der Waals surface area contributed by atoms with Crippen LogP contribution in [0.25, 0.3) is 91.5 Å². The number of benzene rings is 5. The molecule has 20 rings (SSSR count). The molecule has 5 aromatic carbocycles. The smallest absolute Gasteiger partial charge is 0.262 e. The number of methoxy groups -OCH3 is 1. The van der Waals surface area contributed by atoms with E-state index < -0.39 is 35.6 Å². The lowest BCUT2D eigenvalue weighted by Gasteiger charge is -2.16. The number of rotatable bonds is 26. The second-order valence-electron chi connectivity index (χ2n) is 30.6. The number of ether oxygens (including phenoxy) is 6. The number of primary amides is 5. The van der Waals surface area contributed by atoms with E-state index in [4.69, 9.17) is 121 Å². The van der Waals surface area contributed by atoms with Crippen LogP contribution in [0.2, 0.25) is 25.1 Å². The molecule has 5 atom stereocenters. The lowest BCUT2D eigenvalue weighted by Crippen LogP contribution is -2.12. The zero-order chi connectivity index (χ0) is 97.3. The van der Waals surface area contributed by atoms with Crippen molar-refractivity contribution >= 4 is 189 Å². The number of anilines is 1. The van der Waals surface area contributed by atoms with Gasteiger partial charge in [0.15, 0.2) is 11.5 Å². The van der Waals surface area contributed by atoms with Gasteiger partial charge in [0, 0.05) is 138 Å². The molecule has 0 aliphatic heterocycles. The third kappa shape index (κ3) is 21.6. The van der Waals surface area contributed by atoms with E-state index in [2.05, 4.69) is 45.3 Å². The Bertz CT molecular complexity index is 7740. The maximum Gasteiger partial charge on any atom is 0.262 e. The average Bonchev–Trinajstić information content (AvgIpc) is 1.63. The zero-order valence-electron chi connectivity index (χ0n) is 73.6. The molecule has 138 heavy (non-hydrogen) atoms. The number of hydrogen-bond acceptors (Lipinski definition) is 24.